The van der Waals surface area contributed by atoms with E-state index in [0.29, 0.717) is 0 Å². The van der Waals surface area contributed by atoms with E-state index in [2.05, 4.69) is 21.0 Å². The highest BCUT2D eigenvalue weighted by Crippen LogP contribution is 2.09. The Bertz CT molecular complexity index is 553. The molecule has 0 bridgehead atoms. The van der Waals surface area contributed by atoms with Crippen LogP contribution < -0.4 is 0 Å². The first kappa shape index (κ1) is 24.1. The van der Waals surface area contributed by atoms with Crippen LogP contribution in [0.4, 0.5) is 0 Å². The fourth-order valence-electron chi connectivity index (χ4n) is 2.27. The molecular formula is C19H35NO4S. The Hall–Kier alpha value is -0.950. The van der Waals surface area contributed by atoms with Gasteiger partial charge in [0.25, 0.3) is 0 Å². The molecule has 0 unspecified atom stereocenters. The number of quaternary nitrogens is 1. The quantitative estimate of drug-likeness (QED) is 0.294. The predicted molar refractivity (Wildman–Crippen MR) is 101 cm³/mol. The zero-order valence-corrected chi connectivity index (χ0v) is 17.0. The number of rotatable bonds is 10. The van der Waals surface area contributed by atoms with E-state index in [0.717, 1.165) is 16.6 Å². The van der Waals surface area contributed by atoms with Gasteiger partial charge in [0, 0.05) is 0 Å². The molecule has 0 saturated carbocycles. The summed E-state index contributed by atoms with van der Waals surface area (Å²) in [4.78, 5) is -0.178. The summed E-state index contributed by atoms with van der Waals surface area (Å²) in [6, 6.07) is 5.78. The molecule has 0 amide bonds. The SMILES string of the molecule is CCCCCCCCC[N+](C)(C)CO.Cc1ccc(S(=O)(=O)[O-])cc1. The second-order valence-electron chi connectivity index (χ2n) is 7.19. The maximum Gasteiger partial charge on any atom is 0.179 e. The summed E-state index contributed by atoms with van der Waals surface area (Å²) < 4.78 is 31.9. The fourth-order valence-corrected chi connectivity index (χ4v) is 2.74. The van der Waals surface area contributed by atoms with E-state index in [4.69, 9.17) is 5.11 Å². The lowest BCUT2D eigenvalue weighted by molar-refractivity contribution is -0.909. The third-order valence-electron chi connectivity index (χ3n) is 4.06. The van der Waals surface area contributed by atoms with Crippen LogP contribution in [0, 0.1) is 6.92 Å². The maximum atomic E-state index is 10.4. The molecule has 0 atom stereocenters. The largest absolute Gasteiger partial charge is 0.744 e. The molecule has 6 heteroatoms. The molecular weight excluding hydrogens is 338 g/mol. The monoisotopic (exact) mass is 373 g/mol. The molecule has 0 radical (unpaired) electrons. The number of benzene rings is 1. The van der Waals surface area contributed by atoms with Gasteiger partial charge in [0.15, 0.2) is 6.73 Å². The summed E-state index contributed by atoms with van der Waals surface area (Å²) >= 11 is 0. The molecule has 0 aliphatic carbocycles. The van der Waals surface area contributed by atoms with Crippen molar-refractivity contribution in [1.29, 1.82) is 0 Å². The van der Waals surface area contributed by atoms with Crippen LogP contribution in [0.1, 0.15) is 57.4 Å². The van der Waals surface area contributed by atoms with E-state index in [-0.39, 0.29) is 11.6 Å². The Balaban J connectivity index is 0.000000472. The molecule has 1 rings (SSSR count). The van der Waals surface area contributed by atoms with Crippen molar-refractivity contribution in [2.24, 2.45) is 0 Å². The Morgan fingerprint density at radius 1 is 0.960 bits per heavy atom. The lowest BCUT2D eigenvalue weighted by Gasteiger charge is -2.26. The van der Waals surface area contributed by atoms with Gasteiger partial charge in [-0.25, -0.2) is 8.42 Å². The van der Waals surface area contributed by atoms with Gasteiger partial charge in [0.1, 0.15) is 10.1 Å². The Morgan fingerprint density at radius 2 is 1.44 bits per heavy atom. The van der Waals surface area contributed by atoms with Gasteiger partial charge in [0.2, 0.25) is 0 Å². The van der Waals surface area contributed by atoms with Crippen LogP contribution in [0.15, 0.2) is 29.2 Å². The first-order valence-corrected chi connectivity index (χ1v) is 10.5. The first-order valence-electron chi connectivity index (χ1n) is 9.08. The molecule has 146 valence electrons. The number of hydrogen-bond acceptors (Lipinski definition) is 4. The van der Waals surface area contributed by atoms with Crippen LogP contribution in [0.3, 0.4) is 0 Å². The zero-order valence-electron chi connectivity index (χ0n) is 16.2. The zero-order chi connectivity index (χ0) is 19.3. The lowest BCUT2D eigenvalue weighted by Crippen LogP contribution is -2.41. The predicted octanol–water partition coefficient (Wildman–Crippen LogP) is 3.66. The molecule has 1 aromatic carbocycles. The minimum absolute atomic E-state index is 0.178. The van der Waals surface area contributed by atoms with Gasteiger partial charge in [-0.3, -0.25) is 0 Å². The maximum absolute atomic E-state index is 10.4. The van der Waals surface area contributed by atoms with Crippen molar-refractivity contribution in [3.8, 4) is 0 Å². The molecule has 0 heterocycles. The summed E-state index contributed by atoms with van der Waals surface area (Å²) in [7, 11) is -0.109. The van der Waals surface area contributed by atoms with Crippen molar-refractivity contribution in [3.05, 3.63) is 29.8 Å². The molecule has 1 aromatic rings. The highest BCUT2D eigenvalue weighted by atomic mass is 32.2. The average molecular weight is 374 g/mol. The van der Waals surface area contributed by atoms with Crippen LogP contribution in [0.25, 0.3) is 0 Å². The van der Waals surface area contributed by atoms with E-state index in [1.807, 2.05) is 6.92 Å². The molecule has 25 heavy (non-hydrogen) atoms. The van der Waals surface area contributed by atoms with Gasteiger partial charge < -0.3 is 14.1 Å². The Kier molecular flexibility index (Phi) is 11.9. The third kappa shape index (κ3) is 13.0. The summed E-state index contributed by atoms with van der Waals surface area (Å²) in [5, 5.41) is 9.04. The van der Waals surface area contributed by atoms with E-state index >= 15 is 0 Å². The van der Waals surface area contributed by atoms with Crippen LogP contribution in [-0.4, -0.2) is 49.9 Å². The van der Waals surface area contributed by atoms with Gasteiger partial charge in [-0.15, -0.1) is 0 Å². The summed E-state index contributed by atoms with van der Waals surface area (Å²) in [5.41, 5.74) is 0.928. The molecule has 1 N–H and O–H groups in total. The number of aryl methyl sites for hydroxylation is 1. The van der Waals surface area contributed by atoms with Crippen LogP contribution in [-0.2, 0) is 10.1 Å². The molecule has 0 saturated heterocycles. The highest BCUT2D eigenvalue weighted by molar-refractivity contribution is 7.85. The second-order valence-corrected chi connectivity index (χ2v) is 8.57. The average Bonchev–Trinajstić information content (AvgIpc) is 2.54. The Labute approximate surface area is 154 Å². The van der Waals surface area contributed by atoms with Gasteiger partial charge in [-0.1, -0.05) is 56.7 Å². The third-order valence-corrected chi connectivity index (χ3v) is 4.91. The van der Waals surface area contributed by atoms with Crippen molar-refractivity contribution >= 4 is 10.1 Å². The highest BCUT2D eigenvalue weighted by Gasteiger charge is 2.11. The van der Waals surface area contributed by atoms with Gasteiger partial charge in [-0.2, -0.15) is 0 Å². The fraction of sp³-hybridized carbons (Fsp3) is 0.684. The molecule has 0 fully saturated rings. The number of nitrogens with zero attached hydrogens (tertiary/aromatic N) is 1. The molecule has 0 spiro atoms. The first-order chi connectivity index (χ1) is 11.6. The van der Waals surface area contributed by atoms with Crippen LogP contribution >= 0.6 is 0 Å². The minimum atomic E-state index is -4.27. The van der Waals surface area contributed by atoms with Gasteiger partial charge >= 0.3 is 0 Å². The number of aliphatic hydroxyl groups is 1. The Morgan fingerprint density at radius 3 is 1.88 bits per heavy atom. The summed E-state index contributed by atoms with van der Waals surface area (Å²) in [5.74, 6) is 0. The standard InChI is InChI=1S/C12H28NO.C7H8O3S/c1-4-5-6-7-8-9-10-11-13(2,3)12-14;1-6-2-4-7(5-3-6)11(8,9)10/h14H,4-12H2,1-3H3;2-5H,1H3,(H,8,9,10)/q+1;/p-1. The number of aliphatic hydroxyl groups excluding tert-OH is 1. The van der Waals surface area contributed by atoms with Crippen molar-refractivity contribution in [1.82, 2.24) is 0 Å². The van der Waals surface area contributed by atoms with E-state index in [1.165, 1.54) is 57.1 Å². The summed E-state index contributed by atoms with van der Waals surface area (Å²) in [6.07, 6.45) is 9.44. The van der Waals surface area contributed by atoms with E-state index in [1.54, 1.807) is 12.1 Å². The smallest absolute Gasteiger partial charge is 0.179 e. The summed E-state index contributed by atoms with van der Waals surface area (Å²) in [6.45, 7) is 5.43. The van der Waals surface area contributed by atoms with E-state index < -0.39 is 10.1 Å². The van der Waals surface area contributed by atoms with Crippen molar-refractivity contribution in [2.75, 3.05) is 27.4 Å². The second kappa shape index (κ2) is 12.4. The molecule has 0 aliphatic heterocycles. The lowest BCUT2D eigenvalue weighted by atomic mass is 10.1. The number of hydrogen-bond donors (Lipinski definition) is 1. The normalized spacial score (nSPS) is 11.8. The molecule has 0 aromatic heterocycles. The van der Waals surface area contributed by atoms with Crippen LogP contribution in [0.2, 0.25) is 0 Å². The topological polar surface area (TPSA) is 77.4 Å². The van der Waals surface area contributed by atoms with Crippen molar-refractivity contribution in [2.45, 2.75) is 63.7 Å². The molecule has 0 aliphatic rings. The van der Waals surface area contributed by atoms with Gasteiger partial charge in [-0.05, 0) is 31.9 Å². The van der Waals surface area contributed by atoms with E-state index in [9.17, 15) is 13.0 Å². The van der Waals surface area contributed by atoms with Crippen molar-refractivity contribution < 1.29 is 22.6 Å². The van der Waals surface area contributed by atoms with Gasteiger partial charge in [0.05, 0.1) is 25.5 Å². The number of unbranched alkanes of at least 4 members (excludes halogenated alkanes) is 6. The minimum Gasteiger partial charge on any atom is -0.744 e. The molecule has 5 nitrogen and oxygen atoms in total. The van der Waals surface area contributed by atoms with Crippen LogP contribution in [0.5, 0.6) is 0 Å². The van der Waals surface area contributed by atoms with Crippen molar-refractivity contribution in [3.63, 3.8) is 0 Å².